The number of halogens is 1. The quantitative estimate of drug-likeness (QED) is 0.0493. The van der Waals surface area contributed by atoms with Crippen LogP contribution in [-0.4, -0.2) is 277 Å². The van der Waals surface area contributed by atoms with Crippen LogP contribution in [0.1, 0.15) is 88.9 Å². The van der Waals surface area contributed by atoms with E-state index in [1.165, 1.54) is 90.9 Å². The molecule has 29 heteroatoms. The molecule has 4 aromatic heterocycles. The monoisotopic (exact) mass is 1720 g/mol. The molecule has 0 spiro atoms. The highest BCUT2D eigenvalue weighted by molar-refractivity contribution is 7.59. The number of likely N-dealkylation sites (tertiary alicyclic amines) is 2. The third-order valence-electron chi connectivity index (χ3n) is 26.3. The van der Waals surface area contributed by atoms with Crippen LogP contribution in [0.5, 0.6) is 12.0 Å². The van der Waals surface area contributed by atoms with Crippen molar-refractivity contribution in [1.82, 2.24) is 64.3 Å². The van der Waals surface area contributed by atoms with Crippen LogP contribution in [0.2, 0.25) is 0 Å². The second kappa shape index (κ2) is 40.1. The van der Waals surface area contributed by atoms with E-state index in [-0.39, 0.29) is 81.0 Å². The summed E-state index contributed by atoms with van der Waals surface area (Å²) in [6, 6.07) is 32.5. The Morgan fingerprint density at radius 3 is 1.57 bits per heavy atom. The van der Waals surface area contributed by atoms with Crippen molar-refractivity contribution in [2.45, 2.75) is 135 Å². The van der Waals surface area contributed by atoms with Gasteiger partial charge in [-0.15, -0.1) is 0 Å². The summed E-state index contributed by atoms with van der Waals surface area (Å²) < 4.78 is 27.3. The summed E-state index contributed by atoms with van der Waals surface area (Å²) in [5.41, 5.74) is 13.7. The molecule has 8 aliphatic heterocycles. The SMILES string of the molecule is S.[C-]#[N+]C[C@H]1CN(c2nc(CCCN(C)C)nc3c2CCN(c2cccc4ccccc24)C3)CCN1C(=O)C=C.[C-]#[N+]C[C@H]1CN(c2nc(OC[C@@H]3CC(C)(F)CN3C)nc3c2CCN(c2cccc4cccc(C)c24)C3)CCN1C(=O)C=C.[C-]#[N+]C[C@H]1CN(c2nc(OC[C@@H]3CCCN3C)nc3c2CCN(c2c(C)c(C)cc4[nH]ccc24)C3)CCN1C(=O)C=C. The van der Waals surface area contributed by atoms with Crippen molar-refractivity contribution >= 4 is 98.2 Å². The lowest BCUT2D eigenvalue weighted by atomic mass is 9.99. The topological polar surface area (TPSA) is 215 Å². The minimum atomic E-state index is -1.25. The fourth-order valence-electron chi connectivity index (χ4n) is 19.7. The molecule has 0 saturated carbocycles. The maximum atomic E-state index is 14.7. The van der Waals surface area contributed by atoms with Crippen LogP contribution in [0.4, 0.5) is 38.9 Å². The Labute approximate surface area is 747 Å². The smallest absolute Gasteiger partial charge is 0.318 e. The van der Waals surface area contributed by atoms with Gasteiger partial charge in [0.2, 0.25) is 37.4 Å². The largest absolute Gasteiger partial charge is 0.462 e. The number of nitrogens with one attached hydrogen (secondary N) is 1. The van der Waals surface area contributed by atoms with E-state index in [1.54, 1.807) is 21.6 Å². The van der Waals surface area contributed by atoms with Crippen molar-refractivity contribution in [2.24, 2.45) is 0 Å². The molecular formula is C97H119FN22O5S. The zero-order valence-electron chi connectivity index (χ0n) is 74.2. The van der Waals surface area contributed by atoms with E-state index >= 15 is 0 Å². The predicted octanol–water partition coefficient (Wildman–Crippen LogP) is 12.1. The van der Waals surface area contributed by atoms with E-state index in [0.717, 1.165) is 135 Å². The summed E-state index contributed by atoms with van der Waals surface area (Å²) in [6.07, 6.45) is 12.9. The average Bonchev–Trinajstić information content (AvgIpc) is 0.830. The Hall–Kier alpha value is -11.9. The number of H-pyrrole nitrogens is 1. The van der Waals surface area contributed by atoms with Gasteiger partial charge in [-0.2, -0.15) is 33.4 Å². The molecule has 0 bridgehead atoms. The third kappa shape index (κ3) is 19.8. The molecule has 5 saturated heterocycles. The van der Waals surface area contributed by atoms with Gasteiger partial charge in [0.1, 0.15) is 60.3 Å². The summed E-state index contributed by atoms with van der Waals surface area (Å²) in [5.74, 6) is 3.14. The molecule has 12 heterocycles. The predicted molar refractivity (Wildman–Crippen MR) is 503 cm³/mol. The molecule has 6 atom stereocenters. The van der Waals surface area contributed by atoms with Gasteiger partial charge in [0.15, 0.2) is 0 Å². The summed E-state index contributed by atoms with van der Waals surface area (Å²) in [5, 5.41) is 6.17. The molecule has 1 unspecified atom stereocenters. The van der Waals surface area contributed by atoms with Crippen molar-refractivity contribution in [2.75, 3.05) is 189 Å². The van der Waals surface area contributed by atoms with Gasteiger partial charge in [-0.05, 0) is 177 Å². The Kier molecular flexibility index (Phi) is 28.8. The number of benzene rings is 5. The van der Waals surface area contributed by atoms with E-state index in [9.17, 15) is 18.8 Å². The van der Waals surface area contributed by atoms with Gasteiger partial charge in [0.25, 0.3) is 0 Å². The summed E-state index contributed by atoms with van der Waals surface area (Å²) in [6.45, 7) is 55.2. The number of anilines is 6. The van der Waals surface area contributed by atoms with E-state index in [4.69, 9.17) is 59.1 Å². The van der Waals surface area contributed by atoms with Gasteiger partial charge in [0.05, 0.1) is 36.7 Å². The van der Waals surface area contributed by atoms with Crippen molar-refractivity contribution < 1.29 is 28.2 Å². The number of piperazine rings is 3. The molecule has 27 nitrogen and oxygen atoms in total. The highest BCUT2D eigenvalue weighted by Gasteiger charge is 2.42. The lowest BCUT2D eigenvalue weighted by Gasteiger charge is -2.41. The number of aryl methyl sites for hydroxylation is 3. The molecule has 0 aliphatic carbocycles. The number of amides is 3. The molecule has 126 heavy (non-hydrogen) atoms. The van der Waals surface area contributed by atoms with Crippen LogP contribution >= 0.6 is 13.5 Å². The summed E-state index contributed by atoms with van der Waals surface area (Å²) in [7, 11) is 8.24. The fraction of sp³-hybridized carbons (Fsp3) is 0.464. The van der Waals surface area contributed by atoms with Crippen molar-refractivity contribution in [3.8, 4) is 12.0 Å². The van der Waals surface area contributed by atoms with Crippen LogP contribution in [-0.2, 0) is 59.7 Å². The number of alkyl halides is 1. The third-order valence-corrected chi connectivity index (χ3v) is 26.3. The highest BCUT2D eigenvalue weighted by Crippen LogP contribution is 2.42. The number of aromatic nitrogens is 7. The molecule has 1 N–H and O–H groups in total. The minimum Gasteiger partial charge on any atom is -0.462 e. The molecular weight excluding hydrogens is 1600 g/mol. The Balaban J connectivity index is 0.000000153. The van der Waals surface area contributed by atoms with Crippen LogP contribution < -0.4 is 38.9 Å². The van der Waals surface area contributed by atoms with Crippen LogP contribution in [0, 0.1) is 40.5 Å². The zero-order valence-corrected chi connectivity index (χ0v) is 75.2. The summed E-state index contributed by atoms with van der Waals surface area (Å²) in [4.78, 5) is 108. The number of nitrogens with zero attached hydrogens (tertiary/aromatic N) is 21. The highest BCUT2D eigenvalue weighted by atomic mass is 32.1. The Morgan fingerprint density at radius 1 is 0.556 bits per heavy atom. The number of carbonyl (C=O) groups excluding carboxylic acids is 3. The van der Waals surface area contributed by atoms with E-state index in [1.807, 2.05) is 18.1 Å². The number of rotatable bonds is 22. The van der Waals surface area contributed by atoms with Crippen molar-refractivity contribution in [3.63, 3.8) is 0 Å². The number of ether oxygens (including phenoxy) is 2. The average molecular weight is 1720 g/mol. The first-order chi connectivity index (χ1) is 60.5. The number of likely N-dealkylation sites (N-methyl/N-ethyl adjacent to an activating group) is 2. The van der Waals surface area contributed by atoms with E-state index in [2.05, 4.69) is 211 Å². The Morgan fingerprint density at radius 2 is 1.05 bits per heavy atom. The molecule has 5 aromatic carbocycles. The molecule has 0 radical (unpaired) electrons. The van der Waals surface area contributed by atoms with Crippen molar-refractivity contribution in [1.29, 1.82) is 0 Å². The number of fused-ring (bicyclic) bond motifs is 6. The Bertz CT molecular complexity index is 5630. The van der Waals surface area contributed by atoms with Gasteiger partial charge in [-0.25, -0.2) is 34.1 Å². The first-order valence-electron chi connectivity index (χ1n) is 44.0. The molecule has 9 aromatic rings. The first-order valence-corrected chi connectivity index (χ1v) is 44.0. The zero-order chi connectivity index (χ0) is 87.7. The standard InChI is InChI=1S/C34H40FN7O2.C32H40N8O2.C31H37N7O.H2S/c1-6-30(43)42-16-15-41(19-26(42)18-36-4)32-27-13-14-40(29-12-8-11-24-10-7-9-23(2)31(24)29)20-28(27)37-33(38-32)44-21-25-17-34(3,35)22-39(25)5;1-6-29(41)40-15-14-39(18-24(40)17-33-4)31-26-10-13-38(30-22(3)21(2)16-27-25(30)9-11-34-27)19-28(26)35-32(36-31)42-20-23-8-7-12-37(23)5;1-5-30(39)38-19-18-37(21-24(38)20-32-2)31-26-15-17-36(28-13-8-11-23-10-6-7-12-25(23)28)22-27(26)33-29(34-31)14-9-16-35(3)4;/h6-12,25-26H,1,13-22H2,2-3,5H3;6,9,11,16,23-24,34H,1,7-8,10,12-15,17-20H2,2-3,5H3;5-8,10-13,24H,1,9,14-22H2,3-4H3;1H2/t25-,26-,34?;23-,24-;24-;/m000./s1. The fourth-order valence-corrected chi connectivity index (χ4v) is 19.7. The second-order valence-electron chi connectivity index (χ2n) is 35.0. The lowest BCUT2D eigenvalue weighted by molar-refractivity contribution is -0.129. The maximum Gasteiger partial charge on any atom is 0.318 e. The van der Waals surface area contributed by atoms with Gasteiger partial charge < -0.3 is 82.9 Å². The molecule has 17 rings (SSSR count). The minimum absolute atomic E-state index is 0. The number of hydrogen-bond donors (Lipinski definition) is 1. The molecule has 5 fully saturated rings. The van der Waals surface area contributed by atoms with Gasteiger partial charge >= 0.3 is 12.0 Å². The molecule has 8 aliphatic rings. The number of aromatic amines is 1. The summed E-state index contributed by atoms with van der Waals surface area (Å²) >= 11 is 0. The number of hydrogen-bond acceptors (Lipinski definition) is 20. The van der Waals surface area contributed by atoms with Gasteiger partial charge in [-0.3, -0.25) is 19.3 Å². The second-order valence-corrected chi connectivity index (χ2v) is 35.0. The van der Waals surface area contributed by atoms with Gasteiger partial charge in [0, 0.05) is 172 Å². The normalized spacial score (nSPS) is 20.7. The van der Waals surface area contributed by atoms with Crippen LogP contribution in [0.3, 0.4) is 0 Å². The van der Waals surface area contributed by atoms with Gasteiger partial charge in [-0.1, -0.05) is 86.5 Å². The first kappa shape index (κ1) is 90.3. The van der Waals surface area contributed by atoms with Crippen molar-refractivity contribution in [3.05, 3.63) is 226 Å². The molecule has 660 valence electrons. The van der Waals surface area contributed by atoms with E-state index in [0.29, 0.717) is 110 Å². The van der Waals surface area contributed by atoms with Crippen LogP contribution in [0.15, 0.2) is 135 Å². The lowest BCUT2D eigenvalue weighted by Crippen LogP contribution is -2.56. The van der Waals surface area contributed by atoms with Crippen LogP contribution in [0.25, 0.3) is 47.0 Å². The number of carbonyl (C=O) groups is 3. The maximum absolute atomic E-state index is 14.7. The van der Waals surface area contributed by atoms with E-state index < -0.39 is 5.67 Å². The molecule has 3 amide bonds.